The van der Waals surface area contributed by atoms with E-state index in [1.165, 1.54) is 0 Å². The Morgan fingerprint density at radius 1 is 0.732 bits per heavy atom. The highest BCUT2D eigenvalue weighted by Gasteiger charge is 2.31. The van der Waals surface area contributed by atoms with Gasteiger partial charge in [-0.1, -0.05) is 105 Å². The van der Waals surface area contributed by atoms with E-state index in [1.54, 1.807) is 38.1 Å². The molecular weight excluding hydrogens is 549 g/mol. The quantitative estimate of drug-likeness (QED) is 0.128. The summed E-state index contributed by atoms with van der Waals surface area (Å²) in [7, 11) is -4.18. The molecule has 10 nitrogen and oxygen atoms in total. The fourth-order valence-electron chi connectivity index (χ4n) is 3.49. The third-order valence-electron chi connectivity index (χ3n) is 5.73. The first-order valence-corrected chi connectivity index (χ1v) is 14.5. The smallest absolute Gasteiger partial charge is 0.459 e. The van der Waals surface area contributed by atoms with E-state index in [1.807, 2.05) is 66.7 Å². The van der Waals surface area contributed by atoms with Crippen LogP contribution in [0.5, 0.6) is 0 Å². The zero-order chi connectivity index (χ0) is 29.6. The minimum Gasteiger partial charge on any atom is -0.459 e. The van der Waals surface area contributed by atoms with Crippen LogP contribution in [0, 0.1) is 5.41 Å². The van der Waals surface area contributed by atoms with Crippen LogP contribution in [0.3, 0.4) is 0 Å². The highest BCUT2D eigenvalue weighted by molar-refractivity contribution is 7.48. The lowest BCUT2D eigenvalue weighted by Gasteiger charge is -2.30. The molecule has 0 bridgehead atoms. The third-order valence-corrected chi connectivity index (χ3v) is 7.04. The fraction of sp³-hybridized carbons (Fsp3) is 0.333. The number of hydrogen-bond acceptors (Lipinski definition) is 9. The van der Waals surface area contributed by atoms with E-state index in [4.69, 9.17) is 23.0 Å². The van der Waals surface area contributed by atoms with Crippen LogP contribution in [0.15, 0.2) is 91.0 Å². The van der Waals surface area contributed by atoms with Gasteiger partial charge in [0.2, 0.25) is 6.79 Å². The van der Waals surface area contributed by atoms with Crippen LogP contribution in [0.25, 0.3) is 0 Å². The van der Waals surface area contributed by atoms with E-state index in [0.29, 0.717) is 0 Å². The lowest BCUT2D eigenvalue weighted by Crippen LogP contribution is -2.44. The van der Waals surface area contributed by atoms with Gasteiger partial charge >= 0.3 is 19.9 Å². The number of aliphatic hydroxyl groups excluding tert-OH is 1. The Labute approximate surface area is 240 Å². The van der Waals surface area contributed by atoms with Crippen molar-refractivity contribution in [2.24, 2.45) is 5.41 Å². The maximum atomic E-state index is 13.4. The molecule has 0 aliphatic rings. The number of rotatable bonds is 16. The first kappa shape index (κ1) is 32.0. The number of ether oxygens (including phenoxy) is 2. The van der Waals surface area contributed by atoms with Gasteiger partial charge < -0.3 is 14.6 Å². The minimum atomic E-state index is -4.18. The molecule has 3 aromatic rings. The van der Waals surface area contributed by atoms with Crippen LogP contribution in [0.1, 0.15) is 30.5 Å². The Bertz CT molecular complexity index is 1210. The van der Waals surface area contributed by atoms with Crippen molar-refractivity contribution in [1.82, 2.24) is 4.90 Å². The average Bonchev–Trinajstić information content (AvgIpc) is 2.99. The van der Waals surface area contributed by atoms with Gasteiger partial charge in [0.25, 0.3) is 0 Å². The Balaban J connectivity index is 1.61. The first-order valence-electron chi connectivity index (χ1n) is 13.0. The zero-order valence-electron chi connectivity index (χ0n) is 23.2. The van der Waals surface area contributed by atoms with Crippen LogP contribution in [0.2, 0.25) is 0 Å². The number of benzene rings is 3. The molecule has 0 aliphatic carbocycles. The Hall–Kier alpha value is -3.53. The summed E-state index contributed by atoms with van der Waals surface area (Å²) >= 11 is 0. The predicted octanol–water partition coefficient (Wildman–Crippen LogP) is 5.70. The standard InChI is InChI=1S/C30H36NO9P/c1-30(2,23-32)22-31(18-28(33)36-19-25-12-6-3-7-13-25)29(34)37-24-40-41(35,38-20-26-14-8-4-9-15-26)39-21-27-16-10-5-11-17-27/h3-17,32H,18-24H2,1-2H3. The number of amides is 1. The Morgan fingerprint density at radius 2 is 1.20 bits per heavy atom. The summed E-state index contributed by atoms with van der Waals surface area (Å²) in [6.45, 7) is 1.89. The summed E-state index contributed by atoms with van der Waals surface area (Å²) in [4.78, 5) is 26.6. The molecule has 0 heterocycles. The number of phosphoric acid groups is 1. The van der Waals surface area contributed by atoms with Crippen LogP contribution >= 0.6 is 7.82 Å². The molecule has 0 saturated carbocycles. The molecule has 1 N–H and O–H groups in total. The molecule has 3 rings (SSSR count). The number of carbonyl (C=O) groups excluding carboxylic acids is 2. The van der Waals surface area contributed by atoms with Crippen molar-refractivity contribution in [3.05, 3.63) is 108 Å². The van der Waals surface area contributed by atoms with Gasteiger partial charge in [-0.2, -0.15) is 0 Å². The topological polar surface area (TPSA) is 121 Å². The number of hydrogen-bond donors (Lipinski definition) is 1. The highest BCUT2D eigenvalue weighted by atomic mass is 31.2. The molecular formula is C30H36NO9P. The van der Waals surface area contributed by atoms with Crippen LogP contribution in [-0.4, -0.2) is 48.6 Å². The second-order valence-corrected chi connectivity index (χ2v) is 11.6. The Morgan fingerprint density at radius 3 is 1.66 bits per heavy atom. The van der Waals surface area contributed by atoms with Crippen LogP contribution in [0.4, 0.5) is 4.79 Å². The van der Waals surface area contributed by atoms with Gasteiger partial charge in [-0.15, -0.1) is 0 Å². The number of nitrogens with zero attached hydrogens (tertiary/aromatic N) is 1. The maximum Gasteiger partial charge on any atom is 0.478 e. The zero-order valence-corrected chi connectivity index (χ0v) is 24.1. The summed E-state index contributed by atoms with van der Waals surface area (Å²) in [6, 6.07) is 27.2. The van der Waals surface area contributed by atoms with Crippen LogP contribution < -0.4 is 0 Å². The van der Waals surface area contributed by atoms with Crippen LogP contribution in [-0.2, 0) is 52.2 Å². The van der Waals surface area contributed by atoms with Gasteiger partial charge in [-0.05, 0) is 16.7 Å². The van der Waals surface area contributed by atoms with E-state index >= 15 is 0 Å². The van der Waals surface area contributed by atoms with E-state index in [9.17, 15) is 19.3 Å². The molecule has 220 valence electrons. The van der Waals surface area contributed by atoms with E-state index in [2.05, 4.69) is 0 Å². The molecule has 0 radical (unpaired) electrons. The third kappa shape index (κ3) is 11.9. The second kappa shape index (κ2) is 16.0. The molecule has 41 heavy (non-hydrogen) atoms. The van der Waals surface area contributed by atoms with E-state index in [-0.39, 0.29) is 33.0 Å². The van der Waals surface area contributed by atoms with Gasteiger partial charge in [0, 0.05) is 18.6 Å². The molecule has 0 aliphatic heterocycles. The fourth-order valence-corrected chi connectivity index (χ4v) is 4.51. The van der Waals surface area contributed by atoms with Crippen molar-refractivity contribution in [3.63, 3.8) is 0 Å². The number of carbonyl (C=O) groups is 2. The molecule has 0 atom stereocenters. The van der Waals surface area contributed by atoms with Gasteiger partial charge in [0.15, 0.2) is 0 Å². The van der Waals surface area contributed by atoms with Gasteiger partial charge in [-0.3, -0.25) is 18.7 Å². The summed E-state index contributed by atoms with van der Waals surface area (Å²) in [6.07, 6.45) is -0.930. The molecule has 0 fully saturated rings. The average molecular weight is 586 g/mol. The molecule has 11 heteroatoms. The molecule has 3 aromatic carbocycles. The summed E-state index contributed by atoms with van der Waals surface area (Å²) < 4.78 is 40.3. The first-order chi connectivity index (χ1) is 19.7. The largest absolute Gasteiger partial charge is 0.478 e. The van der Waals surface area contributed by atoms with Crippen molar-refractivity contribution in [2.75, 3.05) is 26.5 Å². The predicted molar refractivity (Wildman–Crippen MR) is 151 cm³/mol. The number of phosphoric ester groups is 1. The monoisotopic (exact) mass is 585 g/mol. The highest BCUT2D eigenvalue weighted by Crippen LogP contribution is 2.51. The summed E-state index contributed by atoms with van der Waals surface area (Å²) in [5, 5.41) is 9.71. The second-order valence-electron chi connectivity index (χ2n) is 9.95. The Kier molecular flexibility index (Phi) is 12.5. The maximum absolute atomic E-state index is 13.4. The number of aliphatic hydroxyl groups is 1. The lowest BCUT2D eigenvalue weighted by atomic mass is 9.94. The lowest BCUT2D eigenvalue weighted by molar-refractivity contribution is -0.146. The van der Waals surface area contributed by atoms with Crippen molar-refractivity contribution >= 4 is 19.9 Å². The minimum absolute atomic E-state index is 0.0184. The van der Waals surface area contributed by atoms with E-state index in [0.717, 1.165) is 21.6 Å². The normalized spacial score (nSPS) is 11.6. The molecule has 0 spiro atoms. The van der Waals surface area contributed by atoms with Gasteiger partial charge in [0.05, 0.1) is 13.2 Å². The van der Waals surface area contributed by atoms with Gasteiger partial charge in [-0.25, -0.2) is 13.9 Å². The molecule has 0 unspecified atom stereocenters. The summed E-state index contributed by atoms with van der Waals surface area (Å²) in [5.74, 6) is -0.663. The summed E-state index contributed by atoms with van der Waals surface area (Å²) in [5.41, 5.74) is 1.53. The molecule has 0 saturated heterocycles. The van der Waals surface area contributed by atoms with Crippen molar-refractivity contribution in [3.8, 4) is 0 Å². The molecule has 0 aromatic heterocycles. The van der Waals surface area contributed by atoms with Crippen molar-refractivity contribution in [1.29, 1.82) is 0 Å². The van der Waals surface area contributed by atoms with E-state index < -0.39 is 38.6 Å². The SMILES string of the molecule is CC(C)(CO)CN(CC(=O)OCc1ccccc1)C(=O)OCOP(=O)(OCc1ccccc1)OCc1ccccc1. The van der Waals surface area contributed by atoms with Gasteiger partial charge in [0.1, 0.15) is 13.2 Å². The number of esters is 1. The van der Waals surface area contributed by atoms with Crippen molar-refractivity contribution < 1.29 is 42.3 Å². The van der Waals surface area contributed by atoms with Crippen molar-refractivity contribution in [2.45, 2.75) is 33.7 Å². The molecule has 1 amide bonds.